The van der Waals surface area contributed by atoms with E-state index in [2.05, 4.69) is 167 Å². The molecule has 0 saturated carbocycles. The van der Waals surface area contributed by atoms with Crippen molar-refractivity contribution in [2.24, 2.45) is 0 Å². The minimum absolute atomic E-state index is 0.666. The molecule has 7 aromatic carbocycles. The van der Waals surface area contributed by atoms with Crippen molar-refractivity contribution in [2.45, 2.75) is 0 Å². The topological polar surface area (TPSA) is 35.6 Å². The molecule has 0 spiro atoms. The van der Waals surface area contributed by atoms with E-state index < -0.39 is 0 Å². The molecule has 0 unspecified atom stereocenters. The fourth-order valence-electron chi connectivity index (χ4n) is 7.23. The molecule has 46 heavy (non-hydrogen) atoms. The monoisotopic (exact) mass is 586 g/mol. The predicted molar refractivity (Wildman–Crippen MR) is 191 cm³/mol. The van der Waals surface area contributed by atoms with Gasteiger partial charge in [0.15, 0.2) is 0 Å². The van der Waals surface area contributed by atoms with Crippen LogP contribution >= 0.6 is 0 Å². The first kappa shape index (κ1) is 25.1. The Morgan fingerprint density at radius 2 is 0.957 bits per heavy atom. The Kier molecular flexibility index (Phi) is 5.25. The van der Waals surface area contributed by atoms with Crippen LogP contribution in [-0.4, -0.2) is 19.1 Å². The molecule has 0 amide bonds. The molecule has 0 N–H and O–H groups in total. The zero-order valence-electron chi connectivity index (χ0n) is 24.8. The quantitative estimate of drug-likeness (QED) is 0.206. The molecule has 10 rings (SSSR count). The van der Waals surface area contributed by atoms with E-state index in [1.54, 1.807) is 0 Å². The fourth-order valence-corrected chi connectivity index (χ4v) is 7.23. The number of hydrogen-bond acceptors (Lipinski definition) is 2. The number of rotatable bonds is 3. The van der Waals surface area contributed by atoms with Gasteiger partial charge in [-0.2, -0.15) is 0 Å². The van der Waals surface area contributed by atoms with Crippen molar-refractivity contribution in [3.8, 4) is 22.9 Å². The fraction of sp³-hybridized carbons (Fsp3) is 0. The van der Waals surface area contributed by atoms with Crippen molar-refractivity contribution in [1.29, 1.82) is 0 Å². The van der Waals surface area contributed by atoms with E-state index >= 15 is 0 Å². The zero-order valence-corrected chi connectivity index (χ0v) is 24.8. The minimum atomic E-state index is 0.666. The number of nitrogens with zero attached hydrogens (tertiary/aromatic N) is 4. The normalized spacial score (nSPS) is 11.9. The summed E-state index contributed by atoms with van der Waals surface area (Å²) in [6, 6.07) is 56.0. The van der Waals surface area contributed by atoms with E-state index in [0.717, 1.165) is 44.4 Å². The summed E-state index contributed by atoms with van der Waals surface area (Å²) in [7, 11) is 0. The van der Waals surface area contributed by atoms with E-state index in [1.807, 2.05) is 0 Å². The van der Waals surface area contributed by atoms with E-state index in [0.29, 0.717) is 5.95 Å². The lowest BCUT2D eigenvalue weighted by Gasteiger charge is -2.13. The molecule has 3 aromatic heterocycles. The van der Waals surface area contributed by atoms with Crippen LogP contribution in [0.1, 0.15) is 0 Å². The molecular formula is C42H26N4. The number of hydrogen-bond donors (Lipinski definition) is 0. The molecule has 0 aliphatic rings. The van der Waals surface area contributed by atoms with Gasteiger partial charge in [0, 0.05) is 38.2 Å². The maximum absolute atomic E-state index is 5.40. The lowest BCUT2D eigenvalue weighted by molar-refractivity contribution is 1.01. The summed E-state index contributed by atoms with van der Waals surface area (Å²) >= 11 is 0. The highest BCUT2D eigenvalue weighted by Crippen LogP contribution is 2.38. The van der Waals surface area contributed by atoms with Gasteiger partial charge in [0.25, 0.3) is 0 Å². The highest BCUT2D eigenvalue weighted by Gasteiger charge is 2.19. The van der Waals surface area contributed by atoms with Gasteiger partial charge in [-0.05, 0) is 59.3 Å². The Labute approximate surface area is 264 Å². The Balaban J connectivity index is 1.28. The molecule has 0 fully saturated rings. The Morgan fingerprint density at radius 3 is 1.76 bits per heavy atom. The van der Waals surface area contributed by atoms with Crippen molar-refractivity contribution >= 4 is 65.3 Å². The third kappa shape index (κ3) is 3.61. The van der Waals surface area contributed by atoms with Crippen LogP contribution in [-0.2, 0) is 0 Å². The molecule has 0 atom stereocenters. The molecular weight excluding hydrogens is 560 g/mol. The summed E-state index contributed by atoms with van der Waals surface area (Å²) in [4.78, 5) is 10.6. The van der Waals surface area contributed by atoms with Gasteiger partial charge in [-0.3, -0.25) is 4.57 Å². The Morgan fingerprint density at radius 1 is 0.370 bits per heavy atom. The van der Waals surface area contributed by atoms with Gasteiger partial charge in [0.05, 0.1) is 33.3 Å². The molecule has 214 valence electrons. The SMILES string of the molecule is c1ccc(-n2c3ccccc3c3ccc(-c4nc(-n5c6ccccc6c6cc7ccccc7cc65)nc5ccccc45)cc32)cc1. The molecule has 0 aliphatic heterocycles. The Hall–Kier alpha value is -6.26. The minimum Gasteiger partial charge on any atom is -0.309 e. The summed E-state index contributed by atoms with van der Waals surface area (Å²) < 4.78 is 4.59. The van der Waals surface area contributed by atoms with Crippen LogP contribution in [0.4, 0.5) is 0 Å². The second-order valence-corrected chi connectivity index (χ2v) is 11.9. The molecule has 0 saturated heterocycles. The number of benzene rings is 7. The van der Waals surface area contributed by atoms with E-state index in [9.17, 15) is 0 Å². The average molecular weight is 587 g/mol. The smallest absolute Gasteiger partial charge is 0.235 e. The first-order valence-electron chi connectivity index (χ1n) is 15.6. The highest BCUT2D eigenvalue weighted by molar-refractivity contribution is 6.14. The van der Waals surface area contributed by atoms with Crippen LogP contribution < -0.4 is 0 Å². The number of fused-ring (bicyclic) bond motifs is 8. The highest BCUT2D eigenvalue weighted by atomic mass is 15.2. The van der Waals surface area contributed by atoms with Crippen molar-refractivity contribution in [2.75, 3.05) is 0 Å². The van der Waals surface area contributed by atoms with Crippen molar-refractivity contribution in [3.63, 3.8) is 0 Å². The van der Waals surface area contributed by atoms with Gasteiger partial charge >= 0.3 is 0 Å². The zero-order chi connectivity index (χ0) is 30.2. The summed E-state index contributed by atoms with van der Waals surface area (Å²) in [5, 5.41) is 8.28. The molecule has 10 aromatic rings. The van der Waals surface area contributed by atoms with Crippen LogP contribution in [0, 0.1) is 0 Å². The van der Waals surface area contributed by atoms with E-state index in [4.69, 9.17) is 9.97 Å². The standard InChI is InChI=1S/C42H26N4/c1-2-14-30(15-3-1)45-37-20-10-7-16-31(37)33-23-22-29(26-39(33)45)41-34-18-6-9-19-36(34)43-42(44-41)46-38-21-11-8-17-32(38)35-24-27-12-4-5-13-28(27)25-40(35)46/h1-26H. The van der Waals surface area contributed by atoms with Gasteiger partial charge in [0.1, 0.15) is 0 Å². The first-order valence-corrected chi connectivity index (χ1v) is 15.6. The van der Waals surface area contributed by atoms with Crippen LogP contribution in [0.3, 0.4) is 0 Å². The third-order valence-electron chi connectivity index (χ3n) is 9.29. The van der Waals surface area contributed by atoms with E-state index in [-0.39, 0.29) is 0 Å². The van der Waals surface area contributed by atoms with Crippen molar-refractivity contribution in [3.05, 3.63) is 158 Å². The lowest BCUT2D eigenvalue weighted by atomic mass is 10.0. The third-order valence-corrected chi connectivity index (χ3v) is 9.29. The molecule has 4 heteroatoms. The summed E-state index contributed by atoms with van der Waals surface area (Å²) in [5.41, 5.74) is 8.55. The largest absolute Gasteiger partial charge is 0.309 e. The number of para-hydroxylation sites is 4. The van der Waals surface area contributed by atoms with Gasteiger partial charge in [-0.1, -0.05) is 109 Å². The van der Waals surface area contributed by atoms with Crippen molar-refractivity contribution in [1.82, 2.24) is 19.1 Å². The summed E-state index contributed by atoms with van der Waals surface area (Å²) in [6.07, 6.45) is 0. The average Bonchev–Trinajstić information content (AvgIpc) is 3.62. The van der Waals surface area contributed by atoms with Crippen LogP contribution in [0.15, 0.2) is 158 Å². The Bertz CT molecular complexity index is 2810. The van der Waals surface area contributed by atoms with Crippen LogP contribution in [0.25, 0.3) is 88.2 Å². The molecule has 0 bridgehead atoms. The van der Waals surface area contributed by atoms with Gasteiger partial charge in [0.2, 0.25) is 5.95 Å². The molecule has 0 radical (unpaired) electrons. The van der Waals surface area contributed by atoms with Gasteiger partial charge < -0.3 is 4.57 Å². The van der Waals surface area contributed by atoms with Crippen LogP contribution in [0.2, 0.25) is 0 Å². The first-order chi connectivity index (χ1) is 22.8. The second-order valence-electron chi connectivity index (χ2n) is 11.9. The van der Waals surface area contributed by atoms with Crippen LogP contribution in [0.5, 0.6) is 0 Å². The molecule has 3 heterocycles. The van der Waals surface area contributed by atoms with Crippen molar-refractivity contribution < 1.29 is 0 Å². The van der Waals surface area contributed by atoms with E-state index in [1.165, 1.54) is 37.8 Å². The predicted octanol–water partition coefficient (Wildman–Crippen LogP) is 10.6. The maximum atomic E-state index is 5.40. The summed E-state index contributed by atoms with van der Waals surface area (Å²) in [6.45, 7) is 0. The number of aromatic nitrogens is 4. The summed E-state index contributed by atoms with van der Waals surface area (Å²) in [5.74, 6) is 0.666. The van der Waals surface area contributed by atoms with Gasteiger partial charge in [-0.25, -0.2) is 9.97 Å². The maximum Gasteiger partial charge on any atom is 0.235 e. The van der Waals surface area contributed by atoms with Gasteiger partial charge in [-0.15, -0.1) is 0 Å². The lowest BCUT2D eigenvalue weighted by Crippen LogP contribution is -2.03. The second kappa shape index (κ2) is 9.62. The molecule has 4 nitrogen and oxygen atoms in total. The molecule has 0 aliphatic carbocycles.